The minimum absolute atomic E-state index is 0.0905. The number of methoxy groups -OCH3 is 1. The zero-order valence-electron chi connectivity index (χ0n) is 19.0. The van der Waals surface area contributed by atoms with Crippen LogP contribution in [0.25, 0.3) is 0 Å². The van der Waals surface area contributed by atoms with Crippen LogP contribution in [0, 0.1) is 11.8 Å². The maximum Gasteiger partial charge on any atom is 0.305 e. The molecular formula is C24H41NO5. The van der Waals surface area contributed by atoms with Crippen LogP contribution in [-0.2, 0) is 23.9 Å². The lowest BCUT2D eigenvalue weighted by atomic mass is 9.82. The molecule has 1 heterocycles. The van der Waals surface area contributed by atoms with E-state index in [1.165, 1.54) is 13.5 Å². The number of hydrogen-bond acceptors (Lipinski definition) is 5. The number of esters is 1. The molecule has 0 bridgehead atoms. The third-order valence-electron chi connectivity index (χ3n) is 6.11. The minimum atomic E-state index is -0.160. The zero-order valence-corrected chi connectivity index (χ0v) is 19.0. The summed E-state index contributed by atoms with van der Waals surface area (Å²) < 4.78 is 4.65. The van der Waals surface area contributed by atoms with Crippen LogP contribution in [0.5, 0.6) is 0 Å². The van der Waals surface area contributed by atoms with Gasteiger partial charge in [-0.3, -0.25) is 19.7 Å². The standard InChI is InChI=1S/C24H41NO5/c1-19(26)14-10-6-3-4-7-11-15-20(21-18-22(27)25-24(21)29)16-12-8-5-9-13-17-23(28)30-2/h20-21H,3-18H2,1-2H3,(H,25,27,29). The van der Waals surface area contributed by atoms with Crippen molar-refractivity contribution in [3.8, 4) is 0 Å². The largest absolute Gasteiger partial charge is 0.469 e. The molecule has 1 N–H and O–H groups in total. The lowest BCUT2D eigenvalue weighted by Crippen LogP contribution is -2.26. The first-order valence-corrected chi connectivity index (χ1v) is 11.8. The number of Topliss-reactive ketones (excluding diaryl/α,β-unsaturated/α-hetero) is 1. The second kappa shape index (κ2) is 16.0. The molecule has 1 aliphatic heterocycles. The molecule has 1 aliphatic rings. The Kier molecular flexibility index (Phi) is 14.1. The molecule has 0 aromatic carbocycles. The fraction of sp³-hybridized carbons (Fsp3) is 0.833. The number of imide groups is 1. The molecule has 2 unspecified atom stereocenters. The highest BCUT2D eigenvalue weighted by Crippen LogP contribution is 2.30. The van der Waals surface area contributed by atoms with Gasteiger partial charge in [0.1, 0.15) is 5.78 Å². The summed E-state index contributed by atoms with van der Waals surface area (Å²) in [6.07, 6.45) is 15.3. The van der Waals surface area contributed by atoms with Crippen LogP contribution in [0.3, 0.4) is 0 Å². The predicted molar refractivity (Wildman–Crippen MR) is 117 cm³/mol. The van der Waals surface area contributed by atoms with Gasteiger partial charge in [-0.25, -0.2) is 0 Å². The van der Waals surface area contributed by atoms with E-state index in [4.69, 9.17) is 0 Å². The summed E-state index contributed by atoms with van der Waals surface area (Å²) in [6, 6.07) is 0. The number of ketones is 1. The van der Waals surface area contributed by atoms with Gasteiger partial charge in [-0.2, -0.15) is 0 Å². The minimum Gasteiger partial charge on any atom is -0.469 e. The van der Waals surface area contributed by atoms with E-state index in [2.05, 4.69) is 10.1 Å². The quantitative estimate of drug-likeness (QED) is 0.193. The molecule has 2 atom stereocenters. The number of carbonyl (C=O) groups is 4. The maximum absolute atomic E-state index is 12.2. The SMILES string of the molecule is COC(=O)CCCCCCCC(CCCCCCCCC(C)=O)C1CC(=O)NC1=O. The number of rotatable bonds is 18. The molecule has 0 spiro atoms. The first-order valence-electron chi connectivity index (χ1n) is 11.8. The second-order valence-electron chi connectivity index (χ2n) is 8.73. The van der Waals surface area contributed by atoms with Crippen molar-refractivity contribution in [2.24, 2.45) is 11.8 Å². The number of nitrogens with one attached hydrogen (secondary N) is 1. The molecule has 1 fully saturated rings. The molecule has 0 aromatic heterocycles. The smallest absolute Gasteiger partial charge is 0.305 e. The Bertz CT molecular complexity index is 546. The summed E-state index contributed by atoms with van der Waals surface area (Å²) in [6.45, 7) is 1.65. The fourth-order valence-corrected chi connectivity index (χ4v) is 4.30. The van der Waals surface area contributed by atoms with E-state index in [0.29, 0.717) is 19.3 Å². The zero-order chi connectivity index (χ0) is 22.2. The molecule has 0 aliphatic carbocycles. The van der Waals surface area contributed by atoms with Gasteiger partial charge in [-0.1, -0.05) is 57.8 Å². The number of ether oxygens (including phenoxy) is 1. The van der Waals surface area contributed by atoms with Gasteiger partial charge in [-0.15, -0.1) is 0 Å². The molecule has 172 valence electrons. The Hall–Kier alpha value is -1.72. The van der Waals surface area contributed by atoms with Gasteiger partial charge in [0.25, 0.3) is 0 Å². The number of unbranched alkanes of at least 4 members (excludes halogenated alkanes) is 9. The number of amides is 2. The van der Waals surface area contributed by atoms with Crippen LogP contribution >= 0.6 is 0 Å². The Morgan fingerprint density at radius 2 is 1.37 bits per heavy atom. The highest BCUT2D eigenvalue weighted by molar-refractivity contribution is 6.03. The average molecular weight is 424 g/mol. The first-order chi connectivity index (χ1) is 14.4. The monoisotopic (exact) mass is 423 g/mol. The van der Waals surface area contributed by atoms with Crippen molar-refractivity contribution in [3.05, 3.63) is 0 Å². The topological polar surface area (TPSA) is 89.5 Å². The third-order valence-corrected chi connectivity index (χ3v) is 6.11. The second-order valence-corrected chi connectivity index (χ2v) is 8.73. The van der Waals surface area contributed by atoms with E-state index in [0.717, 1.165) is 77.0 Å². The highest BCUT2D eigenvalue weighted by atomic mass is 16.5. The summed E-state index contributed by atoms with van der Waals surface area (Å²) in [5, 5.41) is 2.47. The van der Waals surface area contributed by atoms with Crippen molar-refractivity contribution in [3.63, 3.8) is 0 Å². The third kappa shape index (κ3) is 12.1. The molecule has 0 radical (unpaired) electrons. The summed E-state index contributed by atoms with van der Waals surface area (Å²) in [5.41, 5.74) is 0. The Morgan fingerprint density at radius 3 is 1.83 bits per heavy atom. The molecule has 1 saturated heterocycles. The molecule has 0 aromatic rings. The van der Waals surface area contributed by atoms with Gasteiger partial charge in [0.05, 0.1) is 7.11 Å². The molecular weight excluding hydrogens is 382 g/mol. The summed E-state index contributed by atoms with van der Waals surface area (Å²) in [5.74, 6) is 0.0174. The molecule has 1 rings (SSSR count). The summed E-state index contributed by atoms with van der Waals surface area (Å²) >= 11 is 0. The van der Waals surface area contributed by atoms with Crippen LogP contribution in [-0.4, -0.2) is 30.7 Å². The van der Waals surface area contributed by atoms with Crippen LogP contribution in [0.2, 0.25) is 0 Å². The van der Waals surface area contributed by atoms with Crippen LogP contribution in [0.15, 0.2) is 0 Å². The lowest BCUT2D eigenvalue weighted by molar-refractivity contribution is -0.140. The van der Waals surface area contributed by atoms with Gasteiger partial charge < -0.3 is 9.53 Å². The number of carbonyl (C=O) groups excluding carboxylic acids is 4. The van der Waals surface area contributed by atoms with Crippen LogP contribution in [0.1, 0.15) is 110 Å². The van der Waals surface area contributed by atoms with Crippen LogP contribution < -0.4 is 5.32 Å². The normalized spacial score (nSPS) is 17.1. The average Bonchev–Trinajstić information content (AvgIpc) is 3.04. The predicted octanol–water partition coefficient (Wildman–Crippen LogP) is 4.88. The van der Waals surface area contributed by atoms with Gasteiger partial charge in [-0.05, 0) is 38.5 Å². The molecule has 6 heteroatoms. The van der Waals surface area contributed by atoms with Gasteiger partial charge >= 0.3 is 5.97 Å². The van der Waals surface area contributed by atoms with E-state index in [-0.39, 0.29) is 35.4 Å². The van der Waals surface area contributed by atoms with Crippen molar-refractivity contribution in [1.29, 1.82) is 0 Å². The van der Waals surface area contributed by atoms with E-state index >= 15 is 0 Å². The van der Waals surface area contributed by atoms with Gasteiger partial charge in [0.15, 0.2) is 0 Å². The molecule has 2 amide bonds. The fourth-order valence-electron chi connectivity index (χ4n) is 4.30. The Labute approximate surface area is 181 Å². The first kappa shape index (κ1) is 26.3. The van der Waals surface area contributed by atoms with E-state index < -0.39 is 0 Å². The van der Waals surface area contributed by atoms with Gasteiger partial charge in [0.2, 0.25) is 11.8 Å². The van der Waals surface area contributed by atoms with E-state index in [9.17, 15) is 19.2 Å². The molecule has 6 nitrogen and oxygen atoms in total. The van der Waals surface area contributed by atoms with Crippen molar-refractivity contribution in [2.75, 3.05) is 7.11 Å². The van der Waals surface area contributed by atoms with Crippen molar-refractivity contribution < 1.29 is 23.9 Å². The van der Waals surface area contributed by atoms with Crippen LogP contribution in [0.4, 0.5) is 0 Å². The van der Waals surface area contributed by atoms with Crippen molar-refractivity contribution in [2.45, 2.75) is 110 Å². The Morgan fingerprint density at radius 1 is 0.867 bits per heavy atom. The molecule has 30 heavy (non-hydrogen) atoms. The molecule has 0 saturated carbocycles. The Balaban J connectivity index is 2.24. The maximum atomic E-state index is 12.2. The van der Waals surface area contributed by atoms with Crippen molar-refractivity contribution in [1.82, 2.24) is 5.32 Å². The van der Waals surface area contributed by atoms with E-state index in [1.54, 1.807) is 6.92 Å². The van der Waals surface area contributed by atoms with Gasteiger partial charge in [0, 0.05) is 25.2 Å². The lowest BCUT2D eigenvalue weighted by Gasteiger charge is -2.21. The van der Waals surface area contributed by atoms with E-state index in [1.807, 2.05) is 0 Å². The summed E-state index contributed by atoms with van der Waals surface area (Å²) in [4.78, 5) is 45.9. The number of hydrogen-bond donors (Lipinski definition) is 1. The highest BCUT2D eigenvalue weighted by Gasteiger charge is 2.35. The summed E-state index contributed by atoms with van der Waals surface area (Å²) in [7, 11) is 1.42. The van der Waals surface area contributed by atoms with Crippen molar-refractivity contribution >= 4 is 23.6 Å².